The molecule has 2 rings (SSSR count). The van der Waals surface area contributed by atoms with E-state index in [9.17, 15) is 0 Å². The summed E-state index contributed by atoms with van der Waals surface area (Å²) in [5, 5.41) is 4.28. The maximum absolute atomic E-state index is 6.63. The molecule has 0 aliphatic heterocycles. The van der Waals surface area contributed by atoms with E-state index in [4.69, 9.17) is 10.5 Å². The van der Waals surface area contributed by atoms with Gasteiger partial charge in [-0.1, -0.05) is 50.6 Å². The minimum Gasteiger partial charge on any atom is -0.493 e. The van der Waals surface area contributed by atoms with Crippen LogP contribution >= 0.6 is 0 Å². The Kier molecular flexibility index (Phi) is 5.02. The predicted molar refractivity (Wildman–Crippen MR) is 85.3 cm³/mol. The zero-order chi connectivity index (χ0) is 15.4. The smallest absolute Gasteiger partial charge is 0.161 e. The first kappa shape index (κ1) is 15.6. The van der Waals surface area contributed by atoms with E-state index in [1.165, 1.54) is 5.56 Å². The largest absolute Gasteiger partial charge is 0.493 e. The lowest BCUT2D eigenvalue weighted by Crippen LogP contribution is -2.27. The van der Waals surface area contributed by atoms with Crippen LogP contribution in [0.3, 0.4) is 0 Å². The van der Waals surface area contributed by atoms with Gasteiger partial charge in [0.1, 0.15) is 0 Å². The third-order valence-corrected chi connectivity index (χ3v) is 4.31. The quantitative estimate of drug-likeness (QED) is 0.887. The molecule has 21 heavy (non-hydrogen) atoms. The van der Waals surface area contributed by atoms with Crippen LogP contribution in [0.15, 0.2) is 36.5 Å². The van der Waals surface area contributed by atoms with Gasteiger partial charge in [0.2, 0.25) is 0 Å². The Balaban J connectivity index is 2.44. The molecule has 0 aliphatic carbocycles. The summed E-state index contributed by atoms with van der Waals surface area (Å²) in [6.45, 7) is 4.45. The SMILES string of the molecule is CCC(C)C(c1ccccc1)C(N)c1c(OC)cnn1C. The molecule has 0 bridgehead atoms. The molecule has 0 fully saturated rings. The van der Waals surface area contributed by atoms with E-state index in [0.29, 0.717) is 5.92 Å². The third-order valence-electron chi connectivity index (χ3n) is 4.31. The summed E-state index contributed by atoms with van der Waals surface area (Å²) >= 11 is 0. The van der Waals surface area contributed by atoms with E-state index in [1.54, 1.807) is 13.3 Å². The van der Waals surface area contributed by atoms with E-state index < -0.39 is 0 Å². The molecule has 0 amide bonds. The van der Waals surface area contributed by atoms with Crippen molar-refractivity contribution < 1.29 is 4.74 Å². The fraction of sp³-hybridized carbons (Fsp3) is 0.471. The zero-order valence-corrected chi connectivity index (χ0v) is 13.3. The average molecular weight is 287 g/mol. The summed E-state index contributed by atoms with van der Waals surface area (Å²) < 4.78 is 7.24. The van der Waals surface area contributed by atoms with E-state index >= 15 is 0 Å². The highest BCUT2D eigenvalue weighted by Crippen LogP contribution is 2.39. The fourth-order valence-electron chi connectivity index (χ4n) is 2.95. The lowest BCUT2D eigenvalue weighted by Gasteiger charge is -2.30. The van der Waals surface area contributed by atoms with Crippen molar-refractivity contribution in [2.75, 3.05) is 7.11 Å². The fourth-order valence-corrected chi connectivity index (χ4v) is 2.95. The van der Waals surface area contributed by atoms with Crippen LogP contribution in [0.25, 0.3) is 0 Å². The first-order valence-electron chi connectivity index (χ1n) is 7.46. The number of nitrogens with two attached hydrogens (primary N) is 1. The van der Waals surface area contributed by atoms with Crippen LogP contribution in [0.1, 0.15) is 43.5 Å². The van der Waals surface area contributed by atoms with Gasteiger partial charge in [-0.05, 0) is 11.5 Å². The molecule has 4 nitrogen and oxygen atoms in total. The molecule has 114 valence electrons. The normalized spacial score (nSPS) is 15.5. The van der Waals surface area contributed by atoms with Gasteiger partial charge in [0.15, 0.2) is 5.75 Å². The monoisotopic (exact) mass is 287 g/mol. The van der Waals surface area contributed by atoms with Crippen LogP contribution in [0.4, 0.5) is 0 Å². The van der Waals surface area contributed by atoms with Gasteiger partial charge in [-0.3, -0.25) is 4.68 Å². The van der Waals surface area contributed by atoms with E-state index in [-0.39, 0.29) is 12.0 Å². The molecule has 1 aromatic heterocycles. The molecule has 3 atom stereocenters. The summed E-state index contributed by atoms with van der Waals surface area (Å²) in [6, 6.07) is 10.3. The van der Waals surface area contributed by atoms with E-state index in [0.717, 1.165) is 17.9 Å². The lowest BCUT2D eigenvalue weighted by molar-refractivity contribution is 0.356. The van der Waals surface area contributed by atoms with Gasteiger partial charge >= 0.3 is 0 Å². The molecule has 1 aromatic carbocycles. The van der Waals surface area contributed by atoms with Crippen molar-refractivity contribution >= 4 is 0 Å². The van der Waals surface area contributed by atoms with Crippen LogP contribution in [-0.2, 0) is 7.05 Å². The topological polar surface area (TPSA) is 53.1 Å². The van der Waals surface area contributed by atoms with Crippen molar-refractivity contribution in [3.8, 4) is 5.75 Å². The molecule has 0 saturated heterocycles. The van der Waals surface area contributed by atoms with Crippen LogP contribution in [-0.4, -0.2) is 16.9 Å². The summed E-state index contributed by atoms with van der Waals surface area (Å²) in [6.07, 6.45) is 2.81. The maximum Gasteiger partial charge on any atom is 0.161 e. The van der Waals surface area contributed by atoms with Crippen molar-refractivity contribution in [3.63, 3.8) is 0 Å². The second kappa shape index (κ2) is 6.76. The molecule has 4 heteroatoms. The van der Waals surface area contributed by atoms with Gasteiger partial charge in [0, 0.05) is 13.0 Å². The molecule has 3 unspecified atom stereocenters. The highest BCUT2D eigenvalue weighted by atomic mass is 16.5. The highest BCUT2D eigenvalue weighted by molar-refractivity contribution is 5.33. The van der Waals surface area contributed by atoms with Crippen molar-refractivity contribution in [3.05, 3.63) is 47.8 Å². The Hall–Kier alpha value is -1.81. The molecular weight excluding hydrogens is 262 g/mol. The molecule has 1 heterocycles. The Bertz CT molecular complexity index is 565. The van der Waals surface area contributed by atoms with Crippen molar-refractivity contribution in [2.45, 2.75) is 32.2 Å². The Morgan fingerprint density at radius 3 is 2.52 bits per heavy atom. The van der Waals surface area contributed by atoms with Crippen LogP contribution < -0.4 is 10.5 Å². The van der Waals surface area contributed by atoms with Gasteiger partial charge in [-0.15, -0.1) is 0 Å². The number of rotatable bonds is 6. The number of aromatic nitrogens is 2. The first-order chi connectivity index (χ1) is 10.1. The second-order valence-corrected chi connectivity index (χ2v) is 5.57. The minimum absolute atomic E-state index is 0.148. The summed E-state index contributed by atoms with van der Waals surface area (Å²) in [5.41, 5.74) is 8.85. The Labute approximate surface area is 126 Å². The first-order valence-corrected chi connectivity index (χ1v) is 7.46. The van der Waals surface area contributed by atoms with Crippen LogP contribution in [0, 0.1) is 5.92 Å². The molecule has 0 radical (unpaired) electrons. The molecule has 2 N–H and O–H groups in total. The summed E-state index contributed by atoms with van der Waals surface area (Å²) in [4.78, 5) is 0. The van der Waals surface area contributed by atoms with Gasteiger partial charge in [0.25, 0.3) is 0 Å². The maximum atomic E-state index is 6.63. The second-order valence-electron chi connectivity index (χ2n) is 5.57. The third kappa shape index (κ3) is 3.10. The number of aryl methyl sites for hydroxylation is 1. The molecule has 0 saturated carbocycles. The summed E-state index contributed by atoms with van der Waals surface area (Å²) in [5.74, 6) is 1.47. The Morgan fingerprint density at radius 2 is 1.95 bits per heavy atom. The molecular formula is C17H25N3O. The van der Waals surface area contributed by atoms with Crippen molar-refractivity contribution in [1.82, 2.24) is 9.78 Å². The standard InChI is InChI=1S/C17H25N3O/c1-5-12(2)15(13-9-7-6-8-10-13)16(18)17-14(21-4)11-19-20(17)3/h6-12,15-16H,5,18H2,1-4H3. The van der Waals surface area contributed by atoms with Crippen LogP contribution in [0.5, 0.6) is 5.75 Å². The zero-order valence-electron chi connectivity index (χ0n) is 13.3. The highest BCUT2D eigenvalue weighted by Gasteiger charge is 2.30. The molecule has 0 aliphatic rings. The number of hydrogen-bond donors (Lipinski definition) is 1. The molecule has 0 spiro atoms. The lowest BCUT2D eigenvalue weighted by atomic mass is 9.79. The van der Waals surface area contributed by atoms with Crippen LogP contribution in [0.2, 0.25) is 0 Å². The van der Waals surface area contributed by atoms with Crippen molar-refractivity contribution in [1.29, 1.82) is 0 Å². The number of benzene rings is 1. The predicted octanol–water partition coefficient (Wildman–Crippen LogP) is 3.26. The van der Waals surface area contributed by atoms with Gasteiger partial charge in [0.05, 0.1) is 25.0 Å². The van der Waals surface area contributed by atoms with Gasteiger partial charge < -0.3 is 10.5 Å². The average Bonchev–Trinajstić information content (AvgIpc) is 2.89. The van der Waals surface area contributed by atoms with Gasteiger partial charge in [-0.25, -0.2) is 0 Å². The van der Waals surface area contributed by atoms with Crippen molar-refractivity contribution in [2.24, 2.45) is 18.7 Å². The molecule has 2 aromatic rings. The van der Waals surface area contributed by atoms with Gasteiger partial charge in [-0.2, -0.15) is 5.10 Å². The summed E-state index contributed by atoms with van der Waals surface area (Å²) in [7, 11) is 3.57. The Morgan fingerprint density at radius 1 is 1.29 bits per heavy atom. The van der Waals surface area contributed by atoms with E-state index in [2.05, 4.69) is 43.2 Å². The number of nitrogens with zero attached hydrogens (tertiary/aromatic N) is 2. The number of hydrogen-bond acceptors (Lipinski definition) is 3. The minimum atomic E-state index is -0.148. The number of ether oxygens (including phenoxy) is 1. The number of methoxy groups -OCH3 is 1. The van der Waals surface area contributed by atoms with E-state index in [1.807, 2.05) is 17.8 Å².